The number of guanidine groups is 1. The smallest absolute Gasteiger partial charge is 0.193 e. The molecule has 2 aromatic carbocycles. The molecule has 0 saturated carbocycles. The minimum atomic E-state index is 0.383. The molecular weight excluding hydrogens is 310 g/mol. The number of benzene rings is 2. The summed E-state index contributed by atoms with van der Waals surface area (Å²) in [5, 5.41) is 3.13. The quantitative estimate of drug-likeness (QED) is 0.480. The van der Waals surface area contributed by atoms with Crippen molar-refractivity contribution in [3.05, 3.63) is 59.4 Å². The summed E-state index contributed by atoms with van der Waals surface area (Å²) in [5.74, 6) is 1.76. The van der Waals surface area contributed by atoms with Gasteiger partial charge in [0.1, 0.15) is 12.4 Å². The van der Waals surface area contributed by atoms with Crippen molar-refractivity contribution in [2.45, 2.75) is 39.7 Å². The van der Waals surface area contributed by atoms with Gasteiger partial charge in [-0.3, -0.25) is 0 Å². The Balaban J connectivity index is 1.66. The molecule has 1 atom stereocenters. The number of para-hydroxylation sites is 1. The van der Waals surface area contributed by atoms with E-state index in [9.17, 15) is 0 Å². The second kappa shape index (κ2) is 7.38. The summed E-state index contributed by atoms with van der Waals surface area (Å²) < 4.78 is 0. The van der Waals surface area contributed by atoms with Gasteiger partial charge in [0.25, 0.3) is 0 Å². The van der Waals surface area contributed by atoms with E-state index in [2.05, 4.69) is 59.2 Å². The van der Waals surface area contributed by atoms with E-state index in [-0.39, 0.29) is 0 Å². The minimum Gasteiger partial charge on any atom is -0.370 e. The SMILES string of the molecule is CCC(C)c1ccc(NC(N)=NCc2nc3c(C)cccc3[nH]2)cc1. The lowest BCUT2D eigenvalue weighted by Gasteiger charge is -2.10. The van der Waals surface area contributed by atoms with Crippen LogP contribution < -0.4 is 11.1 Å². The highest BCUT2D eigenvalue weighted by Crippen LogP contribution is 2.20. The van der Waals surface area contributed by atoms with Crippen molar-refractivity contribution in [3.63, 3.8) is 0 Å². The zero-order valence-corrected chi connectivity index (χ0v) is 15.0. The fourth-order valence-corrected chi connectivity index (χ4v) is 2.78. The van der Waals surface area contributed by atoms with Gasteiger partial charge in [0.2, 0.25) is 0 Å². The zero-order chi connectivity index (χ0) is 17.8. The molecule has 0 aliphatic rings. The number of nitrogens with two attached hydrogens (primary N) is 1. The van der Waals surface area contributed by atoms with Crippen LogP contribution in [0.1, 0.15) is 43.1 Å². The Kier molecular flexibility index (Phi) is 5.03. The number of aryl methyl sites for hydroxylation is 1. The molecule has 0 bridgehead atoms. The molecule has 4 N–H and O–H groups in total. The van der Waals surface area contributed by atoms with E-state index in [1.54, 1.807) is 0 Å². The standard InChI is InChI=1S/C20H25N5/c1-4-13(2)15-8-10-16(11-9-15)23-20(21)22-12-18-24-17-7-5-6-14(3)19(17)25-18/h5-11,13H,4,12H2,1-3H3,(H,24,25)(H3,21,22,23). The summed E-state index contributed by atoms with van der Waals surface area (Å²) >= 11 is 0. The van der Waals surface area contributed by atoms with Crippen molar-refractivity contribution in [2.75, 3.05) is 5.32 Å². The fourth-order valence-electron chi connectivity index (χ4n) is 2.78. The van der Waals surface area contributed by atoms with Gasteiger partial charge in [0.05, 0.1) is 11.0 Å². The summed E-state index contributed by atoms with van der Waals surface area (Å²) in [5.41, 5.74) is 11.4. The highest BCUT2D eigenvalue weighted by molar-refractivity contribution is 5.92. The first-order chi connectivity index (χ1) is 12.1. The molecule has 5 nitrogen and oxygen atoms in total. The van der Waals surface area contributed by atoms with Crippen LogP contribution in [0.3, 0.4) is 0 Å². The molecule has 0 fully saturated rings. The summed E-state index contributed by atoms with van der Waals surface area (Å²) in [7, 11) is 0. The third-order valence-electron chi connectivity index (χ3n) is 4.53. The average molecular weight is 335 g/mol. The lowest BCUT2D eigenvalue weighted by Crippen LogP contribution is -2.22. The third kappa shape index (κ3) is 3.99. The molecule has 1 heterocycles. The van der Waals surface area contributed by atoms with Crippen LogP contribution in [-0.4, -0.2) is 15.9 Å². The molecule has 0 saturated heterocycles. The summed E-state index contributed by atoms with van der Waals surface area (Å²) in [6.45, 7) is 6.89. The van der Waals surface area contributed by atoms with Gasteiger partial charge in [-0.1, -0.05) is 38.1 Å². The van der Waals surface area contributed by atoms with Crippen LogP contribution in [0, 0.1) is 6.92 Å². The minimum absolute atomic E-state index is 0.383. The van der Waals surface area contributed by atoms with E-state index in [0.717, 1.165) is 34.5 Å². The Morgan fingerprint density at radius 1 is 1.24 bits per heavy atom. The molecule has 130 valence electrons. The Morgan fingerprint density at radius 3 is 2.68 bits per heavy atom. The number of anilines is 1. The first-order valence-corrected chi connectivity index (χ1v) is 8.68. The van der Waals surface area contributed by atoms with Gasteiger partial charge < -0.3 is 16.0 Å². The maximum absolute atomic E-state index is 6.00. The number of aliphatic imine (C=N–C) groups is 1. The van der Waals surface area contributed by atoms with Gasteiger partial charge in [0, 0.05) is 5.69 Å². The van der Waals surface area contributed by atoms with Crippen molar-refractivity contribution in [1.29, 1.82) is 0 Å². The molecule has 3 aromatic rings. The fraction of sp³-hybridized carbons (Fsp3) is 0.300. The number of aromatic amines is 1. The number of H-pyrrole nitrogens is 1. The molecule has 5 heteroatoms. The van der Waals surface area contributed by atoms with Crippen LogP contribution in [0.4, 0.5) is 5.69 Å². The molecule has 0 amide bonds. The van der Waals surface area contributed by atoms with Gasteiger partial charge in [-0.15, -0.1) is 0 Å². The summed E-state index contributed by atoms with van der Waals surface area (Å²) in [6.07, 6.45) is 1.13. The van der Waals surface area contributed by atoms with Gasteiger partial charge in [-0.25, -0.2) is 9.98 Å². The van der Waals surface area contributed by atoms with E-state index >= 15 is 0 Å². The van der Waals surface area contributed by atoms with Crippen molar-refractivity contribution in [1.82, 2.24) is 9.97 Å². The molecule has 0 spiro atoms. The highest BCUT2D eigenvalue weighted by atomic mass is 15.1. The molecule has 25 heavy (non-hydrogen) atoms. The zero-order valence-electron chi connectivity index (χ0n) is 15.0. The molecule has 0 radical (unpaired) electrons. The number of nitrogens with one attached hydrogen (secondary N) is 2. The maximum Gasteiger partial charge on any atom is 0.193 e. The van der Waals surface area contributed by atoms with Crippen LogP contribution in [0.25, 0.3) is 11.0 Å². The van der Waals surface area contributed by atoms with E-state index in [1.807, 2.05) is 24.3 Å². The average Bonchev–Trinajstić information content (AvgIpc) is 3.04. The Bertz CT molecular complexity index is 877. The number of aromatic nitrogens is 2. The summed E-state index contributed by atoms with van der Waals surface area (Å²) in [4.78, 5) is 12.2. The molecule has 1 unspecified atom stereocenters. The van der Waals surface area contributed by atoms with Crippen molar-refractivity contribution in [3.8, 4) is 0 Å². The Labute approximate surface area is 148 Å². The van der Waals surface area contributed by atoms with Crippen molar-refractivity contribution >= 4 is 22.7 Å². The van der Waals surface area contributed by atoms with Gasteiger partial charge in [0.15, 0.2) is 5.96 Å². The number of nitrogens with zero attached hydrogens (tertiary/aromatic N) is 2. The normalized spacial score (nSPS) is 13.2. The van der Waals surface area contributed by atoms with Gasteiger partial charge in [-0.05, 0) is 48.6 Å². The van der Waals surface area contributed by atoms with E-state index in [4.69, 9.17) is 5.73 Å². The first kappa shape index (κ1) is 17.0. The molecule has 3 rings (SSSR count). The maximum atomic E-state index is 6.00. The number of hydrogen-bond acceptors (Lipinski definition) is 2. The van der Waals surface area contributed by atoms with Crippen LogP contribution in [0.5, 0.6) is 0 Å². The van der Waals surface area contributed by atoms with Crippen LogP contribution in [0.15, 0.2) is 47.5 Å². The van der Waals surface area contributed by atoms with Crippen LogP contribution >= 0.6 is 0 Å². The lowest BCUT2D eigenvalue weighted by atomic mass is 9.99. The predicted molar refractivity (Wildman–Crippen MR) is 105 cm³/mol. The number of hydrogen-bond donors (Lipinski definition) is 3. The van der Waals surface area contributed by atoms with Crippen LogP contribution in [0.2, 0.25) is 0 Å². The predicted octanol–water partition coefficient (Wildman–Crippen LogP) is 4.31. The monoisotopic (exact) mass is 335 g/mol. The molecule has 1 aromatic heterocycles. The number of rotatable bonds is 5. The Morgan fingerprint density at radius 2 is 2.00 bits per heavy atom. The highest BCUT2D eigenvalue weighted by Gasteiger charge is 2.05. The van der Waals surface area contributed by atoms with Crippen molar-refractivity contribution in [2.24, 2.45) is 10.7 Å². The van der Waals surface area contributed by atoms with E-state index < -0.39 is 0 Å². The molecule has 0 aliphatic heterocycles. The number of imidazole rings is 1. The molecule has 0 aliphatic carbocycles. The van der Waals surface area contributed by atoms with E-state index in [1.165, 1.54) is 5.56 Å². The topological polar surface area (TPSA) is 79.1 Å². The lowest BCUT2D eigenvalue weighted by molar-refractivity contribution is 0.734. The second-order valence-electron chi connectivity index (χ2n) is 6.41. The third-order valence-corrected chi connectivity index (χ3v) is 4.53. The Hall–Kier alpha value is -2.82. The number of fused-ring (bicyclic) bond motifs is 1. The van der Waals surface area contributed by atoms with Gasteiger partial charge in [-0.2, -0.15) is 0 Å². The van der Waals surface area contributed by atoms with E-state index in [0.29, 0.717) is 18.4 Å². The largest absolute Gasteiger partial charge is 0.370 e. The van der Waals surface area contributed by atoms with Gasteiger partial charge >= 0.3 is 0 Å². The molecular formula is C20H25N5. The summed E-state index contributed by atoms with van der Waals surface area (Å²) in [6, 6.07) is 14.4. The van der Waals surface area contributed by atoms with Crippen molar-refractivity contribution < 1.29 is 0 Å². The van der Waals surface area contributed by atoms with Crippen LogP contribution in [-0.2, 0) is 6.54 Å². The first-order valence-electron chi connectivity index (χ1n) is 8.68. The second-order valence-corrected chi connectivity index (χ2v) is 6.41.